The van der Waals surface area contributed by atoms with Crippen molar-refractivity contribution in [2.24, 2.45) is 0 Å². The first-order chi connectivity index (χ1) is 41.4. The van der Waals surface area contributed by atoms with Crippen molar-refractivity contribution in [3.63, 3.8) is 0 Å². The predicted molar refractivity (Wildman–Crippen MR) is 368 cm³/mol. The lowest BCUT2D eigenvalue weighted by atomic mass is 9.85. The van der Waals surface area contributed by atoms with Crippen molar-refractivity contribution in [3.8, 4) is 0 Å². The molecule has 0 unspecified atom stereocenters. The number of imidazole rings is 1. The van der Waals surface area contributed by atoms with E-state index in [1.807, 2.05) is 58.9 Å². The maximum atomic E-state index is 13.5. The monoisotopic (exact) mass is 1310 g/mol. The van der Waals surface area contributed by atoms with Crippen LogP contribution in [0, 0.1) is 6.92 Å². The molecule has 8 rings (SSSR count). The molecule has 3 aliphatic heterocycles. The van der Waals surface area contributed by atoms with Gasteiger partial charge in [-0.25, -0.2) is 4.98 Å². The summed E-state index contributed by atoms with van der Waals surface area (Å²) in [6, 6.07) is 23.1. The van der Waals surface area contributed by atoms with Gasteiger partial charge in [-0.05, 0) is 120 Å². The molecule has 3 saturated heterocycles. The van der Waals surface area contributed by atoms with Gasteiger partial charge in [-0.3, -0.25) is 19.6 Å². The van der Waals surface area contributed by atoms with Crippen LogP contribution in [0.2, 0.25) is 19.6 Å². The van der Waals surface area contributed by atoms with Crippen LogP contribution in [0.3, 0.4) is 0 Å². The van der Waals surface area contributed by atoms with Crippen molar-refractivity contribution >= 4 is 32.8 Å². The van der Waals surface area contributed by atoms with E-state index in [0.29, 0.717) is 48.0 Å². The van der Waals surface area contributed by atoms with E-state index in [9.17, 15) is 35.5 Å². The Morgan fingerprint density at radius 2 is 0.967 bits per heavy atom. The number of aliphatic hydroxyl groups excluding tert-OH is 1. The lowest BCUT2D eigenvalue weighted by Crippen LogP contribution is -2.46. The maximum absolute atomic E-state index is 13.5. The number of β-amino-alcohol motifs (C(OH)–C–C–N with tert-alkyl or cyclic N) is 1. The van der Waals surface area contributed by atoms with E-state index in [0.717, 1.165) is 103 Å². The second-order valence-corrected chi connectivity index (χ2v) is 42.1. The molecular formula is C70H110F6N8O3P2Si. The molecule has 0 spiro atoms. The van der Waals surface area contributed by atoms with Crippen LogP contribution in [0.4, 0.5) is 26.3 Å². The largest absolute Gasteiger partial charge is 0.416 e. The fourth-order valence-electron chi connectivity index (χ4n) is 10.9. The van der Waals surface area contributed by atoms with Crippen LogP contribution >= 0.6 is 14.3 Å². The van der Waals surface area contributed by atoms with Gasteiger partial charge >= 0.3 is 12.4 Å². The number of aliphatic hydroxyl groups is 1. The molecule has 1 N–H and O–H groups in total. The van der Waals surface area contributed by atoms with E-state index < -0.39 is 45.8 Å². The number of piperazine rings is 3. The molecule has 5 aromatic rings. The summed E-state index contributed by atoms with van der Waals surface area (Å²) in [5, 5.41) is 11.5. The predicted octanol–water partition coefficient (Wildman–Crippen LogP) is 13.6. The molecule has 0 amide bonds. The van der Waals surface area contributed by atoms with Crippen LogP contribution in [0.1, 0.15) is 118 Å². The minimum Gasteiger partial charge on any atom is -0.395 e. The number of aryl methyl sites for hydroxylation is 1. The molecular weight excluding hydrogens is 1200 g/mol. The average molecular weight is 1320 g/mol. The fraction of sp³-hybridized carbons (Fsp3) is 0.614. The molecule has 0 saturated carbocycles. The highest BCUT2D eigenvalue weighted by Gasteiger charge is 2.36. The molecule has 1 aromatic heterocycles. The summed E-state index contributed by atoms with van der Waals surface area (Å²) in [5.41, 5.74) is 6.34. The third-order valence-electron chi connectivity index (χ3n) is 17.1. The Morgan fingerprint density at radius 3 is 1.41 bits per heavy atom. The molecule has 3 fully saturated rings. The Kier molecular flexibility index (Phi) is 27.3. The van der Waals surface area contributed by atoms with E-state index in [2.05, 4.69) is 144 Å². The summed E-state index contributed by atoms with van der Waals surface area (Å²) in [6.07, 6.45) is -2.20. The second-order valence-electron chi connectivity index (χ2n) is 30.3. The summed E-state index contributed by atoms with van der Waals surface area (Å²) < 4.78 is 107. The van der Waals surface area contributed by atoms with Gasteiger partial charge < -0.3 is 28.6 Å². The molecule has 0 bridgehead atoms. The van der Waals surface area contributed by atoms with E-state index >= 15 is 0 Å². The zero-order valence-corrected chi connectivity index (χ0v) is 60.6. The number of aromatic nitrogens is 2. The zero-order chi connectivity index (χ0) is 67.4. The Labute approximate surface area is 538 Å². The molecule has 4 aromatic carbocycles. The summed E-state index contributed by atoms with van der Waals surface area (Å²) in [7, 11) is -3.36. The number of hydrogen-bond donors (Lipinski definition) is 1. The quantitative estimate of drug-likeness (QED) is 0.0621. The van der Waals surface area contributed by atoms with Crippen LogP contribution in [0.15, 0.2) is 91.5 Å². The van der Waals surface area contributed by atoms with Crippen LogP contribution in [0.5, 0.6) is 0 Å². The SMILES string of the molecule is CC(C)(C)c1cc(Cn2ccnc2)cc([Si](C)(C)C)c1.CC(C)(C)c1ccc(CN2CCN(CCO)CC2)c(C(F)(F)F)c1.CN1CCN(Cc2cc(C(C)(C)C)cc(P(C)(C)=O)c2)CC1.Cc1ccc(CN2CCN(CCP(C)(C)=O)CC2)c(C(F)(F)F)c1. The highest BCUT2D eigenvalue weighted by atomic mass is 31.2. The van der Waals surface area contributed by atoms with Crippen LogP contribution < -0.4 is 10.5 Å². The highest BCUT2D eigenvalue weighted by Crippen LogP contribution is 2.39. The third-order valence-corrected chi connectivity index (χ3v) is 21.9. The maximum Gasteiger partial charge on any atom is 0.416 e. The van der Waals surface area contributed by atoms with Gasteiger partial charge in [0.2, 0.25) is 0 Å². The lowest BCUT2D eigenvalue weighted by molar-refractivity contribution is -0.139. The number of rotatable bonds is 15. The summed E-state index contributed by atoms with van der Waals surface area (Å²) in [4.78, 5) is 17.5. The number of alkyl halides is 6. The number of nitrogens with zero attached hydrogens (tertiary/aromatic N) is 8. The van der Waals surface area contributed by atoms with Crippen LogP contribution in [-0.4, -0.2) is 190 Å². The molecule has 4 heterocycles. The summed E-state index contributed by atoms with van der Waals surface area (Å²) in [6.45, 7) is 50.2. The Morgan fingerprint density at radius 1 is 0.522 bits per heavy atom. The topological polar surface area (TPSA) is 91.6 Å². The van der Waals surface area contributed by atoms with Crippen molar-refractivity contribution in [3.05, 3.63) is 147 Å². The molecule has 3 aliphatic rings. The molecule has 0 radical (unpaired) electrons. The smallest absolute Gasteiger partial charge is 0.395 e. The first kappa shape index (κ1) is 76.8. The number of benzene rings is 4. The molecule has 11 nitrogen and oxygen atoms in total. The van der Waals surface area contributed by atoms with Crippen molar-refractivity contribution in [2.45, 2.75) is 144 Å². The van der Waals surface area contributed by atoms with Crippen LogP contribution in [-0.2, 0) is 63.9 Å². The van der Waals surface area contributed by atoms with Crippen molar-refractivity contribution in [1.29, 1.82) is 0 Å². The molecule has 20 heteroatoms. The summed E-state index contributed by atoms with van der Waals surface area (Å²) >= 11 is 0. The Hall–Kier alpha value is -3.93. The first-order valence-electron chi connectivity index (χ1n) is 32.0. The number of hydrogen-bond acceptors (Lipinski definition) is 10. The second kappa shape index (κ2) is 32.0. The molecule has 90 heavy (non-hydrogen) atoms. The Balaban J connectivity index is 0.000000219. The highest BCUT2D eigenvalue weighted by molar-refractivity contribution is 7.70. The standard InChI is InChI=1S/C18H27F3N2O.C18H31N2OP.C17H26F3N2OP.C17H26N2Si/c1-17(2,3)15-5-4-14(16(12-15)18(19,20)21)13-23-8-6-22(7-9-23)10-11-24;1-18(2,3)16-11-15(12-17(13-16)22(5,6)21)14-20-9-7-19(4)8-10-20;1-14-4-5-15(16(12-14)17(18,19)20)13-22-8-6-21(7-9-22)10-11-24(2,3)23;1-17(2,3)15-9-14(12-19-8-7-18-13-19)10-16(11-15)20(4,5)6/h4-5,12,24H,6-11,13H2,1-3H3;11-13H,7-10,14H2,1-6H3;4-5,12H,6-11,13H2,1-3H3;7-11,13H,12H2,1-6H3. The van der Waals surface area contributed by atoms with Gasteiger partial charge in [-0.1, -0.05) is 141 Å². The van der Waals surface area contributed by atoms with Crippen LogP contribution in [0.25, 0.3) is 0 Å². The van der Waals surface area contributed by atoms with Gasteiger partial charge in [0.15, 0.2) is 0 Å². The van der Waals surface area contributed by atoms with E-state index in [-0.39, 0.29) is 22.9 Å². The summed E-state index contributed by atoms with van der Waals surface area (Å²) in [5.74, 6) is 0. The Bertz CT molecular complexity index is 3100. The van der Waals surface area contributed by atoms with Gasteiger partial charge in [0.1, 0.15) is 7.14 Å². The van der Waals surface area contributed by atoms with Gasteiger partial charge in [0.05, 0.1) is 39.3 Å². The zero-order valence-electron chi connectivity index (χ0n) is 57.8. The molecule has 0 aliphatic carbocycles. The van der Waals surface area contributed by atoms with Gasteiger partial charge in [-0.2, -0.15) is 26.3 Å². The minimum atomic E-state index is -4.34. The van der Waals surface area contributed by atoms with Crippen molar-refractivity contribution in [1.82, 2.24) is 39.0 Å². The first-order valence-corrected chi connectivity index (χ1v) is 40.9. The van der Waals surface area contributed by atoms with Gasteiger partial charge in [0, 0.05) is 142 Å². The normalized spacial score (nSPS) is 17.0. The van der Waals surface area contributed by atoms with Crippen molar-refractivity contribution < 1.29 is 40.6 Å². The van der Waals surface area contributed by atoms with E-state index in [1.54, 1.807) is 43.6 Å². The number of halogens is 6. The molecule has 504 valence electrons. The van der Waals surface area contributed by atoms with Crippen molar-refractivity contribution in [2.75, 3.05) is 138 Å². The molecule has 0 atom stereocenters. The van der Waals surface area contributed by atoms with Gasteiger partial charge in [-0.15, -0.1) is 0 Å². The van der Waals surface area contributed by atoms with E-state index in [4.69, 9.17) is 5.11 Å². The van der Waals surface area contributed by atoms with E-state index in [1.165, 1.54) is 34.4 Å². The minimum absolute atomic E-state index is 0.0854. The lowest BCUT2D eigenvalue weighted by Gasteiger charge is -2.35. The number of likely N-dealkylation sites (N-methyl/N-ethyl adjacent to an activating group) is 1. The average Bonchev–Trinajstić information content (AvgIpc) is 1.02. The fourth-order valence-corrected chi connectivity index (χ4v) is 13.8. The third kappa shape index (κ3) is 25.8. The van der Waals surface area contributed by atoms with Gasteiger partial charge in [0.25, 0.3) is 0 Å².